The summed E-state index contributed by atoms with van der Waals surface area (Å²) in [5.41, 5.74) is -4.31. The number of alkyl halides is 6. The molecule has 3 heterocycles. The van der Waals surface area contributed by atoms with E-state index in [9.17, 15) is 45.1 Å². The number of esters is 1. The zero-order valence-electron chi connectivity index (χ0n) is 28.4. The van der Waals surface area contributed by atoms with E-state index in [1.165, 1.54) is 27.7 Å². The average Bonchev–Trinajstić information content (AvgIpc) is 3.27. The van der Waals surface area contributed by atoms with Crippen molar-refractivity contribution in [2.24, 2.45) is 0 Å². The Kier molecular flexibility index (Phi) is 10.7. The maximum Gasteiger partial charge on any atom is 0.419 e. The number of amides is 1. The summed E-state index contributed by atoms with van der Waals surface area (Å²) in [5.74, 6) is -4.25. The number of halogens is 8. The number of likely N-dealkylation sites (tertiary alicyclic amines) is 2. The molecule has 0 saturated carbocycles. The first-order chi connectivity index (χ1) is 23.8. The molecule has 2 aromatic carbocycles. The van der Waals surface area contributed by atoms with Crippen molar-refractivity contribution in [1.82, 2.24) is 14.4 Å². The van der Waals surface area contributed by atoms with Crippen LogP contribution >= 0.6 is 0 Å². The molecule has 2 aliphatic rings. The number of nitrogens with zero attached hydrogens (tertiary/aromatic N) is 3. The summed E-state index contributed by atoms with van der Waals surface area (Å²) in [4.78, 5) is 43.3. The van der Waals surface area contributed by atoms with E-state index in [-0.39, 0.29) is 53.8 Å². The molecular weight excluding hydrogens is 690 g/mol. The van der Waals surface area contributed by atoms with Crippen LogP contribution in [0.4, 0.5) is 35.1 Å². The summed E-state index contributed by atoms with van der Waals surface area (Å²) in [6.45, 7) is 7.47. The smallest absolute Gasteiger partial charge is 0.419 e. The monoisotopic (exact) mass is 727 g/mol. The fourth-order valence-electron chi connectivity index (χ4n) is 7.14. The largest absolute Gasteiger partial charge is 0.466 e. The van der Waals surface area contributed by atoms with Gasteiger partial charge in [-0.15, -0.1) is 0 Å². The predicted octanol–water partition coefficient (Wildman–Crippen LogP) is 7.55. The van der Waals surface area contributed by atoms with Crippen LogP contribution < -0.4 is 5.56 Å². The van der Waals surface area contributed by atoms with E-state index in [2.05, 4.69) is 0 Å². The van der Waals surface area contributed by atoms with Crippen LogP contribution in [0.25, 0.3) is 11.1 Å². The number of aryl methyl sites for hydroxylation is 2. The zero-order valence-corrected chi connectivity index (χ0v) is 28.4. The second-order valence-corrected chi connectivity index (χ2v) is 13.1. The summed E-state index contributed by atoms with van der Waals surface area (Å²) in [6.07, 6.45) is -9.22. The Morgan fingerprint density at radius 2 is 1.57 bits per heavy atom. The quantitative estimate of drug-likeness (QED) is 0.159. The number of rotatable bonds is 10. The Labute approximate surface area is 288 Å². The highest BCUT2D eigenvalue weighted by atomic mass is 19.4. The molecule has 0 spiro atoms. The van der Waals surface area contributed by atoms with Crippen molar-refractivity contribution >= 4 is 11.9 Å². The maximum absolute atomic E-state index is 16.2. The lowest BCUT2D eigenvalue weighted by Gasteiger charge is -2.33. The summed E-state index contributed by atoms with van der Waals surface area (Å²) < 4.78 is 121. The van der Waals surface area contributed by atoms with Crippen molar-refractivity contribution in [3.63, 3.8) is 0 Å². The minimum atomic E-state index is -5.23. The van der Waals surface area contributed by atoms with E-state index in [4.69, 9.17) is 4.74 Å². The van der Waals surface area contributed by atoms with Crippen LogP contribution in [-0.4, -0.2) is 58.5 Å². The molecule has 3 aromatic rings. The van der Waals surface area contributed by atoms with Crippen molar-refractivity contribution < 1.29 is 49.4 Å². The Bertz CT molecular complexity index is 1860. The third-order valence-electron chi connectivity index (χ3n) is 9.58. The van der Waals surface area contributed by atoms with Gasteiger partial charge < -0.3 is 19.1 Å². The second-order valence-electron chi connectivity index (χ2n) is 13.1. The number of ether oxygens (including phenoxy) is 1. The van der Waals surface area contributed by atoms with Crippen LogP contribution in [0.15, 0.2) is 41.3 Å². The first kappa shape index (κ1) is 38.0. The van der Waals surface area contributed by atoms with Crippen LogP contribution in [-0.2, 0) is 33.1 Å². The first-order valence-electron chi connectivity index (χ1n) is 16.5. The SMILES string of the molecule is CCOC(=O)CC(c1cc(-c2c(C)cc(F)cc2C)cc(C(F)(F)F)c1F)N1C(=O)C(n2cc(CCN3CCC3)c(C(F)(F)F)cc2=O)CC1C. The minimum absolute atomic E-state index is 0.0682. The topological polar surface area (TPSA) is 71.8 Å². The number of hydrogen-bond donors (Lipinski definition) is 0. The molecular formula is C36H37F8N3O4. The summed E-state index contributed by atoms with van der Waals surface area (Å²) in [7, 11) is 0. The Morgan fingerprint density at radius 1 is 0.941 bits per heavy atom. The number of carbonyl (C=O) groups is 2. The molecule has 3 atom stereocenters. The number of pyridine rings is 1. The third-order valence-corrected chi connectivity index (χ3v) is 9.58. The van der Waals surface area contributed by atoms with Crippen molar-refractivity contribution in [2.45, 2.75) is 83.9 Å². The molecule has 3 unspecified atom stereocenters. The molecule has 0 N–H and O–H groups in total. The fourth-order valence-corrected chi connectivity index (χ4v) is 7.14. The van der Waals surface area contributed by atoms with Gasteiger partial charge in [0.1, 0.15) is 17.7 Å². The maximum atomic E-state index is 16.2. The summed E-state index contributed by atoms with van der Waals surface area (Å²) >= 11 is 0. The van der Waals surface area contributed by atoms with Gasteiger partial charge in [-0.2, -0.15) is 26.3 Å². The van der Waals surface area contributed by atoms with Crippen LogP contribution in [0.2, 0.25) is 0 Å². The third kappa shape index (κ3) is 7.82. The molecule has 0 aliphatic carbocycles. The molecule has 5 rings (SSSR count). The van der Waals surface area contributed by atoms with Crippen molar-refractivity contribution in [2.75, 3.05) is 26.2 Å². The van der Waals surface area contributed by atoms with Gasteiger partial charge in [0.25, 0.3) is 5.56 Å². The highest BCUT2D eigenvalue weighted by molar-refractivity contribution is 5.85. The van der Waals surface area contributed by atoms with Gasteiger partial charge in [-0.25, -0.2) is 8.78 Å². The van der Waals surface area contributed by atoms with Crippen LogP contribution in [0.5, 0.6) is 0 Å². The van der Waals surface area contributed by atoms with Gasteiger partial charge in [-0.1, -0.05) is 0 Å². The minimum Gasteiger partial charge on any atom is -0.466 e. The lowest BCUT2D eigenvalue weighted by Crippen LogP contribution is -2.40. The van der Waals surface area contributed by atoms with Crippen LogP contribution in [0.3, 0.4) is 0 Å². The molecule has 1 amide bonds. The van der Waals surface area contributed by atoms with E-state index < -0.39 is 82.7 Å². The van der Waals surface area contributed by atoms with E-state index in [1.807, 2.05) is 4.90 Å². The molecule has 15 heteroatoms. The highest BCUT2D eigenvalue weighted by Crippen LogP contribution is 2.44. The second kappa shape index (κ2) is 14.4. The fraction of sp³-hybridized carbons (Fsp3) is 0.472. The molecule has 1 aromatic heterocycles. The van der Waals surface area contributed by atoms with Gasteiger partial charge in [0.05, 0.1) is 30.2 Å². The molecule has 7 nitrogen and oxygen atoms in total. The zero-order chi connectivity index (χ0) is 37.6. The van der Waals surface area contributed by atoms with Crippen molar-refractivity contribution in [3.05, 3.63) is 91.9 Å². The lowest BCUT2D eigenvalue weighted by molar-refractivity contribution is -0.146. The molecule has 51 heavy (non-hydrogen) atoms. The van der Waals surface area contributed by atoms with Crippen LogP contribution in [0.1, 0.15) is 78.6 Å². The number of hydrogen-bond acceptors (Lipinski definition) is 5. The Hall–Kier alpha value is -4.27. The summed E-state index contributed by atoms with van der Waals surface area (Å²) in [6, 6.07) is 0.270. The Morgan fingerprint density at radius 3 is 2.12 bits per heavy atom. The normalized spacial score (nSPS) is 19.0. The van der Waals surface area contributed by atoms with Gasteiger partial charge in [0.15, 0.2) is 0 Å². The van der Waals surface area contributed by atoms with E-state index in [1.54, 1.807) is 0 Å². The van der Waals surface area contributed by atoms with E-state index in [0.29, 0.717) is 25.2 Å². The molecule has 2 saturated heterocycles. The van der Waals surface area contributed by atoms with Gasteiger partial charge in [-0.05, 0) is 112 Å². The van der Waals surface area contributed by atoms with Gasteiger partial charge >= 0.3 is 18.3 Å². The van der Waals surface area contributed by atoms with Gasteiger partial charge in [0, 0.05) is 30.4 Å². The van der Waals surface area contributed by atoms with E-state index in [0.717, 1.165) is 40.3 Å². The molecule has 0 bridgehead atoms. The lowest BCUT2D eigenvalue weighted by atomic mass is 9.89. The van der Waals surface area contributed by atoms with E-state index >= 15 is 4.39 Å². The number of carbonyl (C=O) groups excluding carboxylic acids is 2. The van der Waals surface area contributed by atoms with Crippen molar-refractivity contribution in [1.29, 1.82) is 0 Å². The Balaban J connectivity index is 1.64. The molecule has 2 aliphatic heterocycles. The first-order valence-corrected chi connectivity index (χ1v) is 16.5. The molecule has 0 radical (unpaired) electrons. The van der Waals surface area contributed by atoms with Gasteiger partial charge in [0.2, 0.25) is 5.91 Å². The molecule has 2 fully saturated rings. The highest BCUT2D eigenvalue weighted by Gasteiger charge is 2.46. The predicted molar refractivity (Wildman–Crippen MR) is 171 cm³/mol. The van der Waals surface area contributed by atoms with Gasteiger partial charge in [-0.3, -0.25) is 14.4 Å². The summed E-state index contributed by atoms with van der Waals surface area (Å²) in [5, 5.41) is 0. The average molecular weight is 728 g/mol. The van der Waals surface area contributed by atoms with Crippen molar-refractivity contribution in [3.8, 4) is 11.1 Å². The standard InChI is InChI=1S/C36H37F8N3O4/c1-5-51-31(49)17-28(25-14-23(15-27(33(25)38)36(42,43)44)32-19(2)11-24(37)12-20(32)3)47-21(4)13-29(34(47)50)46-18-22(7-10-45-8-6-9-45)26(16-30(46)48)35(39,40)41/h11-12,14-16,18,21,28-29H,5-10,13,17H2,1-4H3. The number of aromatic nitrogens is 1. The van der Waals surface area contributed by atoms with Crippen LogP contribution in [0, 0.1) is 25.5 Å². The molecule has 276 valence electrons. The number of benzene rings is 2.